The lowest BCUT2D eigenvalue weighted by Gasteiger charge is -2.11. The van der Waals surface area contributed by atoms with Gasteiger partial charge in [-0.05, 0) is 49.5 Å². The number of aromatic amines is 1. The Morgan fingerprint density at radius 1 is 1.09 bits per heavy atom. The zero-order chi connectivity index (χ0) is 23.0. The second kappa shape index (κ2) is 8.45. The van der Waals surface area contributed by atoms with Gasteiger partial charge in [-0.15, -0.1) is 0 Å². The molecule has 2 aromatic heterocycles. The molecule has 4 rings (SSSR count). The van der Waals surface area contributed by atoms with Crippen LogP contribution in [0.1, 0.15) is 11.3 Å². The molecular weight excluding hydrogens is 450 g/mol. The fraction of sp³-hybridized carbons (Fsp3) is 0.0909. The summed E-state index contributed by atoms with van der Waals surface area (Å²) in [5, 5.41) is 11.2. The van der Waals surface area contributed by atoms with Crippen molar-refractivity contribution in [3.05, 3.63) is 96.4 Å². The van der Waals surface area contributed by atoms with Crippen LogP contribution in [0.5, 0.6) is 5.88 Å². The number of H-pyrrole nitrogens is 1. The molecule has 2 aromatic carbocycles. The van der Waals surface area contributed by atoms with Crippen LogP contribution in [0.25, 0.3) is 11.4 Å². The van der Waals surface area contributed by atoms with Gasteiger partial charge in [-0.1, -0.05) is 35.9 Å². The van der Waals surface area contributed by atoms with Crippen LogP contribution in [0.15, 0.2) is 69.2 Å². The molecule has 0 aliphatic rings. The normalized spacial score (nSPS) is 11.3. The molecule has 10 heteroatoms. The number of nitrogens with zero attached hydrogens (tertiary/aromatic N) is 4. The summed E-state index contributed by atoms with van der Waals surface area (Å²) in [4.78, 5) is 32.3. The highest BCUT2D eigenvalue weighted by Crippen LogP contribution is 2.22. The average Bonchev–Trinajstić information content (AvgIpc) is 2.97. The van der Waals surface area contributed by atoms with Gasteiger partial charge in [0.2, 0.25) is 5.88 Å². The van der Waals surface area contributed by atoms with E-state index in [9.17, 15) is 14.7 Å². The van der Waals surface area contributed by atoms with E-state index in [-0.39, 0.29) is 21.6 Å². The Bertz CT molecular complexity index is 1530. The molecule has 0 fully saturated rings. The maximum Gasteiger partial charge on any atom is 0.297 e. The zero-order valence-corrected chi connectivity index (χ0v) is 18.7. The number of benzene rings is 2. The minimum atomic E-state index is -0.633. The van der Waals surface area contributed by atoms with Crippen molar-refractivity contribution in [2.45, 2.75) is 6.92 Å². The predicted molar refractivity (Wildman–Crippen MR) is 127 cm³/mol. The van der Waals surface area contributed by atoms with Crippen molar-refractivity contribution in [3.8, 4) is 17.3 Å². The Labute approximate surface area is 192 Å². The lowest BCUT2D eigenvalue weighted by atomic mass is 10.3. The van der Waals surface area contributed by atoms with Crippen molar-refractivity contribution >= 4 is 35.7 Å². The van der Waals surface area contributed by atoms with E-state index in [1.54, 1.807) is 55.1 Å². The number of hydrogen-bond acceptors (Lipinski definition) is 5. The number of rotatable bonds is 4. The molecule has 0 unspecified atom stereocenters. The first-order chi connectivity index (χ1) is 15.3. The van der Waals surface area contributed by atoms with E-state index in [0.29, 0.717) is 22.1 Å². The van der Waals surface area contributed by atoms with Gasteiger partial charge in [-0.3, -0.25) is 23.8 Å². The minimum Gasteiger partial charge on any atom is -0.494 e. The zero-order valence-electron chi connectivity index (χ0n) is 17.1. The third-order valence-electron chi connectivity index (χ3n) is 5.03. The second-order valence-corrected chi connectivity index (χ2v) is 7.80. The number of aliphatic imine (C=N–C) groups is 1. The molecule has 8 nitrogen and oxygen atoms in total. The highest BCUT2D eigenvalue weighted by molar-refractivity contribution is 7.71. The van der Waals surface area contributed by atoms with Crippen molar-refractivity contribution in [1.29, 1.82) is 0 Å². The lowest BCUT2D eigenvalue weighted by Crippen LogP contribution is -2.19. The molecule has 0 atom stereocenters. The summed E-state index contributed by atoms with van der Waals surface area (Å²) in [5.74, 6) is -0.415. The molecule has 0 radical (unpaired) electrons. The van der Waals surface area contributed by atoms with Crippen molar-refractivity contribution in [3.63, 3.8) is 0 Å². The first-order valence-electron chi connectivity index (χ1n) is 9.52. The smallest absolute Gasteiger partial charge is 0.297 e. The molecule has 0 saturated heterocycles. The Balaban J connectivity index is 1.85. The van der Waals surface area contributed by atoms with Crippen LogP contribution in [-0.2, 0) is 7.05 Å². The van der Waals surface area contributed by atoms with Crippen LogP contribution in [0.3, 0.4) is 0 Å². The van der Waals surface area contributed by atoms with Crippen LogP contribution >= 0.6 is 23.8 Å². The van der Waals surface area contributed by atoms with Crippen LogP contribution in [0, 0.1) is 11.7 Å². The maximum atomic E-state index is 13.0. The van der Waals surface area contributed by atoms with E-state index in [1.165, 1.54) is 9.25 Å². The Morgan fingerprint density at radius 3 is 2.47 bits per heavy atom. The van der Waals surface area contributed by atoms with Gasteiger partial charge in [0, 0.05) is 18.3 Å². The summed E-state index contributed by atoms with van der Waals surface area (Å²) in [7, 11) is 1.74. The van der Waals surface area contributed by atoms with E-state index < -0.39 is 11.4 Å². The standard InChI is InChI=1S/C22H18ClN5O3S/c1-13-18(21(31)28(26(13)2)15-8-4-3-5-9-15)24-12-17-19(29)25-22(32)27(20(17)30)16-10-6-7-14(23)11-16/h3-12,30H,1-2H3,(H,25,29,32). The lowest BCUT2D eigenvalue weighted by molar-refractivity contribution is 0.432. The number of aromatic nitrogens is 4. The molecule has 0 amide bonds. The Morgan fingerprint density at radius 2 is 1.78 bits per heavy atom. The van der Waals surface area contributed by atoms with Gasteiger partial charge in [0.15, 0.2) is 10.5 Å². The van der Waals surface area contributed by atoms with E-state index in [2.05, 4.69) is 9.98 Å². The topological polar surface area (TPSA) is 97.3 Å². The van der Waals surface area contributed by atoms with Gasteiger partial charge in [0.25, 0.3) is 11.1 Å². The maximum absolute atomic E-state index is 13.0. The van der Waals surface area contributed by atoms with E-state index in [0.717, 1.165) is 6.21 Å². The van der Waals surface area contributed by atoms with Crippen molar-refractivity contribution < 1.29 is 5.11 Å². The molecule has 0 aliphatic carbocycles. The SMILES string of the molecule is Cc1c(N=Cc2c(O)n(-c3cccc(Cl)c3)c(=S)[nH]c2=O)c(=O)n(-c2ccccc2)n1C. The summed E-state index contributed by atoms with van der Waals surface area (Å²) in [5.41, 5.74) is 0.748. The third-order valence-corrected chi connectivity index (χ3v) is 5.55. The van der Waals surface area contributed by atoms with Gasteiger partial charge >= 0.3 is 0 Å². The number of para-hydroxylation sites is 1. The number of halogens is 1. The van der Waals surface area contributed by atoms with E-state index in [4.69, 9.17) is 23.8 Å². The summed E-state index contributed by atoms with van der Waals surface area (Å²) in [6.07, 6.45) is 1.16. The van der Waals surface area contributed by atoms with Gasteiger partial charge in [-0.25, -0.2) is 9.67 Å². The first-order valence-corrected chi connectivity index (χ1v) is 10.3. The van der Waals surface area contributed by atoms with Crippen molar-refractivity contribution in [2.75, 3.05) is 0 Å². The molecule has 2 N–H and O–H groups in total. The summed E-state index contributed by atoms with van der Waals surface area (Å²) in [6.45, 7) is 1.75. The molecule has 0 spiro atoms. The number of nitrogens with one attached hydrogen (secondary N) is 1. The van der Waals surface area contributed by atoms with E-state index >= 15 is 0 Å². The summed E-state index contributed by atoms with van der Waals surface area (Å²) in [6, 6.07) is 15.8. The van der Waals surface area contributed by atoms with Crippen LogP contribution < -0.4 is 11.1 Å². The van der Waals surface area contributed by atoms with Gasteiger partial charge < -0.3 is 5.11 Å². The van der Waals surface area contributed by atoms with E-state index in [1.807, 2.05) is 18.2 Å². The largest absolute Gasteiger partial charge is 0.494 e. The Hall–Kier alpha value is -3.69. The quantitative estimate of drug-likeness (QED) is 0.352. The predicted octanol–water partition coefficient (Wildman–Crippen LogP) is 3.80. The third kappa shape index (κ3) is 3.72. The molecule has 162 valence electrons. The molecular formula is C22H18ClN5O3S. The molecule has 0 saturated carbocycles. The Kier molecular flexibility index (Phi) is 5.68. The highest BCUT2D eigenvalue weighted by Gasteiger charge is 2.17. The fourth-order valence-electron chi connectivity index (χ4n) is 3.34. The van der Waals surface area contributed by atoms with Gasteiger partial charge in [-0.2, -0.15) is 0 Å². The molecule has 32 heavy (non-hydrogen) atoms. The minimum absolute atomic E-state index is 0.00533. The summed E-state index contributed by atoms with van der Waals surface area (Å²) >= 11 is 11.3. The number of aromatic hydroxyl groups is 1. The van der Waals surface area contributed by atoms with Gasteiger partial charge in [0.1, 0.15) is 5.56 Å². The van der Waals surface area contributed by atoms with Crippen molar-refractivity contribution in [2.24, 2.45) is 12.0 Å². The van der Waals surface area contributed by atoms with Crippen LogP contribution in [-0.4, -0.2) is 30.2 Å². The number of hydrogen-bond donors (Lipinski definition) is 2. The monoisotopic (exact) mass is 467 g/mol. The van der Waals surface area contributed by atoms with Gasteiger partial charge in [0.05, 0.1) is 17.1 Å². The molecule has 0 bridgehead atoms. The molecule has 4 aromatic rings. The highest BCUT2D eigenvalue weighted by atomic mass is 35.5. The van der Waals surface area contributed by atoms with Crippen molar-refractivity contribution in [1.82, 2.24) is 18.9 Å². The fourth-order valence-corrected chi connectivity index (χ4v) is 3.81. The molecule has 0 aliphatic heterocycles. The average molecular weight is 468 g/mol. The summed E-state index contributed by atoms with van der Waals surface area (Å²) < 4.78 is 4.41. The molecule has 2 heterocycles. The second-order valence-electron chi connectivity index (χ2n) is 6.98. The van der Waals surface area contributed by atoms with Crippen LogP contribution in [0.4, 0.5) is 5.69 Å². The van der Waals surface area contributed by atoms with Crippen LogP contribution in [0.2, 0.25) is 5.02 Å². The first kappa shape index (κ1) is 21.5.